The second-order valence-electron chi connectivity index (χ2n) is 8.69. The standard InChI is InChI=1S/C27H48O3/c1-3-4-5-6-7-8-9-10-11-12-13-14-15-19-22-29-25(2)27(23-28)30-24-26-20-17-16-18-21-26/h16-18,20-21,25,27-28H,3-15,19,22-24H2,1-2H3. The molecule has 0 saturated heterocycles. The quantitative estimate of drug-likeness (QED) is 0.210. The van der Waals surface area contributed by atoms with E-state index in [1.165, 1.54) is 83.5 Å². The van der Waals surface area contributed by atoms with Gasteiger partial charge in [0.25, 0.3) is 0 Å². The Balaban J connectivity index is 1.89. The fourth-order valence-corrected chi connectivity index (χ4v) is 3.79. The van der Waals surface area contributed by atoms with Crippen LogP contribution in [0.15, 0.2) is 30.3 Å². The normalized spacial score (nSPS) is 13.4. The van der Waals surface area contributed by atoms with Crippen LogP contribution in [0.25, 0.3) is 0 Å². The van der Waals surface area contributed by atoms with E-state index in [9.17, 15) is 5.11 Å². The summed E-state index contributed by atoms with van der Waals surface area (Å²) in [6, 6.07) is 10.1. The van der Waals surface area contributed by atoms with Crippen molar-refractivity contribution in [2.24, 2.45) is 0 Å². The summed E-state index contributed by atoms with van der Waals surface area (Å²) in [5.41, 5.74) is 1.12. The molecule has 0 aliphatic rings. The SMILES string of the molecule is CCCCCCCCCCCCCCCCOC(C)C(CO)OCc1ccccc1. The number of aliphatic hydroxyl groups excluding tert-OH is 1. The van der Waals surface area contributed by atoms with Crippen LogP contribution in [0.5, 0.6) is 0 Å². The van der Waals surface area contributed by atoms with Crippen LogP contribution >= 0.6 is 0 Å². The van der Waals surface area contributed by atoms with Crippen LogP contribution < -0.4 is 0 Å². The predicted molar refractivity (Wildman–Crippen MR) is 128 cm³/mol. The van der Waals surface area contributed by atoms with Crippen LogP contribution in [0.2, 0.25) is 0 Å². The highest BCUT2D eigenvalue weighted by Crippen LogP contribution is 2.14. The van der Waals surface area contributed by atoms with Crippen LogP contribution in [0.4, 0.5) is 0 Å². The average Bonchev–Trinajstić information content (AvgIpc) is 2.77. The first-order valence-electron chi connectivity index (χ1n) is 12.7. The lowest BCUT2D eigenvalue weighted by atomic mass is 10.0. The number of aliphatic hydroxyl groups is 1. The average molecular weight is 421 g/mol. The molecule has 1 aromatic rings. The van der Waals surface area contributed by atoms with Gasteiger partial charge in [0.1, 0.15) is 6.10 Å². The monoisotopic (exact) mass is 420 g/mol. The van der Waals surface area contributed by atoms with E-state index in [-0.39, 0.29) is 18.8 Å². The zero-order valence-electron chi connectivity index (χ0n) is 19.8. The maximum absolute atomic E-state index is 9.60. The van der Waals surface area contributed by atoms with E-state index in [1.54, 1.807) is 0 Å². The van der Waals surface area contributed by atoms with Gasteiger partial charge in [-0.25, -0.2) is 0 Å². The molecule has 1 N–H and O–H groups in total. The largest absolute Gasteiger partial charge is 0.394 e. The summed E-state index contributed by atoms with van der Waals surface area (Å²) in [7, 11) is 0. The van der Waals surface area contributed by atoms with Crippen LogP contribution in [-0.2, 0) is 16.1 Å². The molecule has 3 heteroatoms. The number of hydrogen-bond acceptors (Lipinski definition) is 3. The highest BCUT2D eigenvalue weighted by molar-refractivity contribution is 5.13. The first kappa shape index (κ1) is 27.1. The molecule has 3 nitrogen and oxygen atoms in total. The highest BCUT2D eigenvalue weighted by atomic mass is 16.5. The molecule has 2 unspecified atom stereocenters. The summed E-state index contributed by atoms with van der Waals surface area (Å²) in [6.07, 6.45) is 18.8. The number of rotatable bonds is 21. The molecule has 0 heterocycles. The molecule has 0 spiro atoms. The van der Waals surface area contributed by atoms with Crippen molar-refractivity contribution in [3.8, 4) is 0 Å². The molecule has 0 radical (unpaired) electrons. The predicted octanol–water partition coefficient (Wildman–Crippen LogP) is 7.45. The summed E-state index contributed by atoms with van der Waals surface area (Å²) in [6.45, 7) is 5.54. The van der Waals surface area contributed by atoms with Gasteiger partial charge in [0.05, 0.1) is 19.3 Å². The Kier molecular flexibility index (Phi) is 18.1. The zero-order valence-corrected chi connectivity index (χ0v) is 19.8. The van der Waals surface area contributed by atoms with Gasteiger partial charge in [0.2, 0.25) is 0 Å². The van der Waals surface area contributed by atoms with Gasteiger partial charge in [-0.15, -0.1) is 0 Å². The third kappa shape index (κ3) is 15.0. The van der Waals surface area contributed by atoms with Crippen molar-refractivity contribution < 1.29 is 14.6 Å². The van der Waals surface area contributed by atoms with E-state index in [2.05, 4.69) is 6.92 Å². The first-order valence-corrected chi connectivity index (χ1v) is 12.7. The summed E-state index contributed by atoms with van der Waals surface area (Å²) in [5.74, 6) is 0. The van der Waals surface area contributed by atoms with E-state index < -0.39 is 0 Å². The molecular weight excluding hydrogens is 372 g/mol. The summed E-state index contributed by atoms with van der Waals surface area (Å²) >= 11 is 0. The number of benzene rings is 1. The molecular formula is C27H48O3. The Labute approximate surface area is 186 Å². The van der Waals surface area contributed by atoms with Crippen molar-refractivity contribution in [1.29, 1.82) is 0 Å². The molecule has 174 valence electrons. The Morgan fingerprint density at radius 2 is 1.20 bits per heavy atom. The van der Waals surface area contributed by atoms with Gasteiger partial charge in [0, 0.05) is 6.61 Å². The maximum atomic E-state index is 9.60. The van der Waals surface area contributed by atoms with E-state index in [0.29, 0.717) is 6.61 Å². The number of ether oxygens (including phenoxy) is 2. The molecule has 0 amide bonds. The van der Waals surface area contributed by atoms with E-state index in [4.69, 9.17) is 9.47 Å². The molecule has 0 saturated carbocycles. The number of unbranched alkanes of at least 4 members (excludes halogenated alkanes) is 13. The highest BCUT2D eigenvalue weighted by Gasteiger charge is 2.17. The molecule has 2 atom stereocenters. The lowest BCUT2D eigenvalue weighted by Gasteiger charge is -2.23. The Morgan fingerprint density at radius 1 is 0.700 bits per heavy atom. The minimum Gasteiger partial charge on any atom is -0.394 e. The maximum Gasteiger partial charge on any atom is 0.107 e. The van der Waals surface area contributed by atoms with Crippen molar-refractivity contribution in [1.82, 2.24) is 0 Å². The van der Waals surface area contributed by atoms with Crippen LogP contribution in [0, 0.1) is 0 Å². The fourth-order valence-electron chi connectivity index (χ4n) is 3.79. The van der Waals surface area contributed by atoms with Gasteiger partial charge in [-0.3, -0.25) is 0 Å². The topological polar surface area (TPSA) is 38.7 Å². The van der Waals surface area contributed by atoms with Gasteiger partial charge in [0.15, 0.2) is 0 Å². The van der Waals surface area contributed by atoms with Gasteiger partial charge in [-0.05, 0) is 18.9 Å². The second kappa shape index (κ2) is 20.0. The van der Waals surface area contributed by atoms with Crippen LogP contribution in [0.3, 0.4) is 0 Å². The number of hydrogen-bond donors (Lipinski definition) is 1. The minimum atomic E-state index is -0.267. The molecule has 30 heavy (non-hydrogen) atoms. The molecule has 0 aromatic heterocycles. The molecule has 1 rings (SSSR count). The Bertz CT molecular complexity index is 462. The van der Waals surface area contributed by atoms with Crippen molar-refractivity contribution in [3.63, 3.8) is 0 Å². The third-order valence-electron chi connectivity index (χ3n) is 5.89. The Morgan fingerprint density at radius 3 is 1.70 bits per heavy atom. The minimum absolute atomic E-state index is 0.00720. The van der Waals surface area contributed by atoms with Crippen molar-refractivity contribution in [2.45, 2.75) is 123 Å². The first-order chi connectivity index (χ1) is 14.8. The van der Waals surface area contributed by atoms with E-state index >= 15 is 0 Å². The molecule has 0 bridgehead atoms. The van der Waals surface area contributed by atoms with Crippen LogP contribution in [0.1, 0.15) is 109 Å². The van der Waals surface area contributed by atoms with Crippen LogP contribution in [-0.4, -0.2) is 30.5 Å². The van der Waals surface area contributed by atoms with Crippen molar-refractivity contribution in [2.75, 3.05) is 13.2 Å². The molecule has 0 aliphatic heterocycles. The zero-order chi connectivity index (χ0) is 21.7. The third-order valence-corrected chi connectivity index (χ3v) is 5.89. The van der Waals surface area contributed by atoms with Gasteiger partial charge in [-0.2, -0.15) is 0 Å². The van der Waals surface area contributed by atoms with Gasteiger partial charge < -0.3 is 14.6 Å². The summed E-state index contributed by atoms with van der Waals surface area (Å²) < 4.78 is 11.7. The van der Waals surface area contributed by atoms with Gasteiger partial charge in [-0.1, -0.05) is 121 Å². The Hall–Kier alpha value is -0.900. The van der Waals surface area contributed by atoms with E-state index in [1.807, 2.05) is 37.3 Å². The second-order valence-corrected chi connectivity index (χ2v) is 8.69. The smallest absolute Gasteiger partial charge is 0.107 e. The fraction of sp³-hybridized carbons (Fsp3) is 0.778. The molecule has 1 aromatic carbocycles. The summed E-state index contributed by atoms with van der Waals surface area (Å²) in [5, 5.41) is 9.60. The van der Waals surface area contributed by atoms with Crippen molar-refractivity contribution >= 4 is 0 Å². The lowest BCUT2D eigenvalue weighted by molar-refractivity contribution is -0.0917. The molecule has 0 fully saturated rings. The summed E-state index contributed by atoms with van der Waals surface area (Å²) in [4.78, 5) is 0. The van der Waals surface area contributed by atoms with Gasteiger partial charge >= 0.3 is 0 Å². The van der Waals surface area contributed by atoms with E-state index in [0.717, 1.165) is 18.6 Å². The van der Waals surface area contributed by atoms with Crippen molar-refractivity contribution in [3.05, 3.63) is 35.9 Å². The lowest BCUT2D eigenvalue weighted by Crippen LogP contribution is -2.32. The molecule has 0 aliphatic carbocycles.